The number of hydrogen-bond acceptors (Lipinski definition) is 14. The van der Waals surface area contributed by atoms with Crippen LogP contribution in [0.3, 0.4) is 0 Å². The van der Waals surface area contributed by atoms with E-state index >= 15 is 0 Å². The molecule has 1 saturated carbocycles. The molecule has 4 atom stereocenters. The number of anilines is 1. The normalized spacial score (nSPS) is 19.4. The number of carbonyl (C=O) groups excluding carboxylic acids is 2. The largest absolute Gasteiger partial charge is 0.478 e. The predicted molar refractivity (Wildman–Crippen MR) is 171 cm³/mol. The van der Waals surface area contributed by atoms with E-state index in [1.807, 2.05) is 41.5 Å². The van der Waals surface area contributed by atoms with E-state index in [1.165, 1.54) is 40.9 Å². The molecular weight excluding hydrogens is 677 g/mol. The average Bonchev–Trinajstić information content (AvgIpc) is 3.69. The summed E-state index contributed by atoms with van der Waals surface area (Å²) < 4.78 is 11.9. The lowest BCUT2D eigenvalue weighted by Gasteiger charge is -2.43. The molecule has 46 heavy (non-hydrogen) atoms. The van der Waals surface area contributed by atoms with Crippen molar-refractivity contribution in [2.75, 3.05) is 24.3 Å². The van der Waals surface area contributed by atoms with Crippen LogP contribution in [0.15, 0.2) is 57.2 Å². The highest BCUT2D eigenvalue weighted by atomic mass is 32.2. The zero-order valence-corrected chi connectivity index (χ0v) is 27.5. The number of nitrogens with zero attached hydrogens (tertiary/aromatic N) is 4. The van der Waals surface area contributed by atoms with Crippen molar-refractivity contribution in [1.29, 1.82) is 0 Å². The molecule has 4 heterocycles. The van der Waals surface area contributed by atoms with Crippen LogP contribution >= 0.6 is 46.4 Å². The van der Waals surface area contributed by atoms with Gasteiger partial charge >= 0.3 is 11.9 Å². The summed E-state index contributed by atoms with van der Waals surface area (Å²) >= 11 is 4.79. The van der Waals surface area contributed by atoms with Gasteiger partial charge in [-0.2, -0.15) is 9.36 Å². The van der Waals surface area contributed by atoms with Crippen molar-refractivity contribution in [3.05, 3.63) is 58.7 Å². The standard InChI is InChI=1S/C28H26N6O8S4/c1-3-42-10-4-5-14(22-31-27(46-33-22)32-24(37)26(40)41)23(36)30-19-20(35)18-17(25(38)39)16(12-43-21(18)19)45-28-29-15(11-44-28)13-6-8-34(2)9-7-13/h4,6-9,11,16,19,21,24,37H,3,10,12H2,1-2H3,(H3-,30,31,32,33,36,38,39,40,41)/p+1. The smallest absolute Gasteiger partial charge is 0.353 e. The first-order valence-electron chi connectivity index (χ1n) is 13.6. The Kier molecular flexibility index (Phi) is 10.7. The molecular formula is C28H27N6O8S4+. The Morgan fingerprint density at radius 3 is 2.72 bits per heavy atom. The molecule has 14 nitrogen and oxygen atoms in total. The lowest BCUT2D eigenvalue weighted by Crippen LogP contribution is -2.61. The van der Waals surface area contributed by atoms with Gasteiger partial charge in [0.1, 0.15) is 18.7 Å². The summed E-state index contributed by atoms with van der Waals surface area (Å²) in [6, 6.07) is 2.89. The molecule has 240 valence electrons. The van der Waals surface area contributed by atoms with E-state index in [4.69, 9.17) is 9.84 Å². The highest BCUT2D eigenvalue weighted by Crippen LogP contribution is 2.47. The first-order chi connectivity index (χ1) is 22.1. The SMILES string of the molecule is CCOCC=C=C(C(=O)NC1C(=O)C2=C(C(=O)O)C(Sc3nc(-c4cc[n+](C)cc4)cs3)CSC21)c1nsc(NC(O)C(=O)O)n1. The highest BCUT2D eigenvalue weighted by molar-refractivity contribution is 8.05. The second-order valence-corrected chi connectivity index (χ2v) is 14.0. The number of carboxylic acids is 2. The Bertz CT molecular complexity index is 1760. The highest BCUT2D eigenvalue weighted by Gasteiger charge is 2.53. The Morgan fingerprint density at radius 1 is 1.26 bits per heavy atom. The van der Waals surface area contributed by atoms with Gasteiger partial charge in [0.15, 0.2) is 28.3 Å². The summed E-state index contributed by atoms with van der Waals surface area (Å²) in [6.45, 7) is 2.34. The fourth-order valence-electron chi connectivity index (χ4n) is 4.48. The number of aryl methyl sites for hydroxylation is 1. The number of ether oxygens (including phenoxy) is 1. The minimum absolute atomic E-state index is 0.00832. The summed E-state index contributed by atoms with van der Waals surface area (Å²) in [7, 11) is 1.92. The van der Waals surface area contributed by atoms with Crippen molar-refractivity contribution in [3.8, 4) is 11.3 Å². The second kappa shape index (κ2) is 14.7. The molecule has 0 bridgehead atoms. The van der Waals surface area contributed by atoms with Gasteiger partial charge in [-0.25, -0.2) is 19.1 Å². The van der Waals surface area contributed by atoms with Crippen LogP contribution in [0.1, 0.15) is 12.7 Å². The summed E-state index contributed by atoms with van der Waals surface area (Å²) in [4.78, 5) is 58.9. The molecule has 0 spiro atoms. The van der Waals surface area contributed by atoms with E-state index in [0.29, 0.717) is 28.2 Å². The van der Waals surface area contributed by atoms with Gasteiger partial charge in [-0.1, -0.05) is 11.8 Å². The molecule has 0 saturated heterocycles. The number of amides is 1. The number of aliphatic hydroxyl groups is 1. The van der Waals surface area contributed by atoms with Crippen LogP contribution in [0.2, 0.25) is 0 Å². The molecule has 1 aliphatic carbocycles. The van der Waals surface area contributed by atoms with E-state index < -0.39 is 46.4 Å². The van der Waals surface area contributed by atoms with E-state index in [1.54, 1.807) is 6.92 Å². The third-order valence-corrected chi connectivity index (χ3v) is 11.2. The van der Waals surface area contributed by atoms with Crippen molar-refractivity contribution >= 4 is 80.7 Å². The molecule has 3 aromatic rings. The molecule has 0 aromatic carbocycles. The minimum Gasteiger partial charge on any atom is -0.478 e. The van der Waals surface area contributed by atoms with Gasteiger partial charge in [0.25, 0.3) is 5.91 Å². The molecule has 0 radical (unpaired) electrons. The van der Waals surface area contributed by atoms with Gasteiger partial charge in [-0.15, -0.1) is 28.8 Å². The number of thioether (sulfide) groups is 2. The number of aliphatic carboxylic acids is 2. The van der Waals surface area contributed by atoms with Gasteiger partial charge in [0, 0.05) is 52.5 Å². The summed E-state index contributed by atoms with van der Waals surface area (Å²) in [6.07, 6.45) is 3.32. The van der Waals surface area contributed by atoms with Crippen molar-refractivity contribution in [2.45, 2.75) is 34.0 Å². The number of fused-ring (bicyclic) bond motifs is 1. The number of carbonyl (C=O) groups is 4. The van der Waals surface area contributed by atoms with Crippen molar-refractivity contribution < 1.29 is 43.8 Å². The molecule has 1 aliphatic heterocycles. The number of rotatable bonds is 13. The van der Waals surface area contributed by atoms with Crippen molar-refractivity contribution in [3.63, 3.8) is 0 Å². The first-order valence-corrected chi connectivity index (χ1v) is 17.2. The topological polar surface area (TPSA) is 205 Å². The number of Topliss-reactive ketones (excluding diaryl/α,β-unsaturated/α-hetero) is 1. The molecule has 3 aromatic heterocycles. The van der Waals surface area contributed by atoms with Crippen molar-refractivity contribution in [1.82, 2.24) is 19.7 Å². The number of nitrogens with one attached hydrogen (secondary N) is 2. The molecule has 1 amide bonds. The Balaban J connectivity index is 1.33. The third-order valence-electron chi connectivity index (χ3n) is 6.71. The van der Waals surface area contributed by atoms with Crippen LogP contribution in [0.4, 0.5) is 5.13 Å². The first kappa shape index (κ1) is 33.5. The molecule has 5 N–H and O–H groups in total. The number of aliphatic hydroxyl groups excluding tert-OH is 1. The number of pyridine rings is 1. The summed E-state index contributed by atoms with van der Waals surface area (Å²) in [5, 5.41) is 34.3. The molecule has 5 rings (SSSR count). The molecule has 18 heteroatoms. The summed E-state index contributed by atoms with van der Waals surface area (Å²) in [5.41, 5.74) is 4.50. The number of ketones is 1. The maximum absolute atomic E-state index is 13.4. The Labute approximate surface area is 278 Å². The number of hydrogen-bond donors (Lipinski definition) is 5. The van der Waals surface area contributed by atoms with E-state index in [2.05, 4.69) is 30.7 Å². The van der Waals surface area contributed by atoms with Crippen LogP contribution in [0.25, 0.3) is 16.8 Å². The van der Waals surface area contributed by atoms with Crippen LogP contribution in [-0.2, 0) is 31.0 Å². The summed E-state index contributed by atoms with van der Waals surface area (Å²) in [5.74, 6) is -3.71. The van der Waals surface area contributed by atoms with Crippen LogP contribution in [-0.4, -0.2) is 95.0 Å². The van der Waals surface area contributed by atoms with Gasteiger partial charge in [-0.3, -0.25) is 9.59 Å². The Morgan fingerprint density at radius 2 is 2.02 bits per heavy atom. The molecule has 2 aliphatic rings. The number of aromatic nitrogens is 4. The quantitative estimate of drug-likeness (QED) is 0.0564. The van der Waals surface area contributed by atoms with Gasteiger partial charge < -0.3 is 30.7 Å². The van der Waals surface area contributed by atoms with Gasteiger partial charge in [0.2, 0.25) is 11.4 Å². The maximum Gasteiger partial charge on any atom is 0.353 e. The van der Waals surface area contributed by atoms with Gasteiger partial charge in [0.05, 0.1) is 28.4 Å². The third kappa shape index (κ3) is 7.39. The molecule has 1 fully saturated rings. The van der Waals surface area contributed by atoms with Crippen LogP contribution in [0, 0.1) is 0 Å². The minimum atomic E-state index is -1.94. The van der Waals surface area contributed by atoms with E-state index in [0.717, 1.165) is 11.3 Å². The van der Waals surface area contributed by atoms with Gasteiger partial charge in [-0.05, 0) is 13.0 Å². The monoisotopic (exact) mass is 703 g/mol. The lowest BCUT2D eigenvalue weighted by molar-refractivity contribution is -0.671. The van der Waals surface area contributed by atoms with Crippen LogP contribution in [0.5, 0.6) is 0 Å². The average molecular weight is 704 g/mol. The fraction of sp³-hybridized carbons (Fsp3) is 0.321. The van der Waals surface area contributed by atoms with E-state index in [-0.39, 0.29) is 34.3 Å². The zero-order valence-electron chi connectivity index (χ0n) is 24.2. The Hall–Kier alpha value is -3.90. The predicted octanol–water partition coefficient (Wildman–Crippen LogP) is 1.60. The molecule has 4 unspecified atom stereocenters. The van der Waals surface area contributed by atoms with E-state index in [9.17, 15) is 29.4 Å². The van der Waals surface area contributed by atoms with Crippen molar-refractivity contribution in [2.24, 2.45) is 7.05 Å². The lowest BCUT2D eigenvalue weighted by atomic mass is 9.79. The maximum atomic E-state index is 13.4. The van der Waals surface area contributed by atoms with Crippen LogP contribution < -0.4 is 15.2 Å². The second-order valence-electron chi connectivity index (χ2n) is 9.75. The fourth-order valence-corrected chi connectivity index (χ4v) is 8.94. The zero-order chi connectivity index (χ0) is 33.0. The number of carboxylic acid groups (broad SMARTS) is 2. The number of thiazole rings is 1.